The number of Topliss-reactive ketones (excluding diaryl/α,β-unsaturated/α-hetero) is 4. The Labute approximate surface area is 522 Å². The largest absolute Gasteiger partial charge is 0.497 e. The molecule has 2 aliphatic carbocycles. The first kappa shape index (κ1) is 70.2. The van der Waals surface area contributed by atoms with Crippen LogP contribution in [0.3, 0.4) is 0 Å². The van der Waals surface area contributed by atoms with Crippen LogP contribution in [0.1, 0.15) is 122 Å². The molecule has 490 valence electrons. The minimum absolute atomic E-state index is 0.0265. The van der Waals surface area contributed by atoms with E-state index in [4.69, 9.17) is 28.4 Å². The number of ketones is 4. The molecule has 0 radical (unpaired) electrons. The minimum atomic E-state index is -1.43. The van der Waals surface area contributed by atoms with E-state index in [2.05, 4.69) is 33.4 Å². The van der Waals surface area contributed by atoms with Crippen molar-refractivity contribution >= 4 is 46.8 Å². The molecule has 7 N–H and O–H groups in total. The molecule has 4 saturated heterocycles. The number of carbonyl (C=O) groups is 8. The first-order valence-electron chi connectivity index (χ1n) is 31.5. The summed E-state index contributed by atoms with van der Waals surface area (Å²) < 4.78 is 32.0. The number of rotatable bonds is 32. The molecule has 0 spiro atoms. The zero-order valence-corrected chi connectivity index (χ0v) is 52.6. The number of aliphatic hydroxyl groups excluding tert-OH is 3. The number of aliphatic hydroxyl groups is 3. The summed E-state index contributed by atoms with van der Waals surface area (Å²) in [6.07, 6.45) is 8.38. The lowest BCUT2D eigenvalue weighted by molar-refractivity contribution is -0.138. The van der Waals surface area contributed by atoms with Crippen molar-refractivity contribution in [3.05, 3.63) is 83.0 Å². The van der Waals surface area contributed by atoms with Crippen molar-refractivity contribution in [2.45, 2.75) is 165 Å². The van der Waals surface area contributed by atoms with Crippen LogP contribution in [-0.2, 0) is 63.7 Å². The Bertz CT molecular complexity index is 2790. The second kappa shape index (κ2) is 33.7. The van der Waals surface area contributed by atoms with E-state index < -0.39 is 101 Å². The smallest absolute Gasteiger partial charge is 0.234 e. The molecule has 0 saturated carbocycles. The van der Waals surface area contributed by atoms with Crippen LogP contribution in [0.5, 0.6) is 11.5 Å². The zero-order valence-electron chi connectivity index (χ0n) is 52.6. The lowest BCUT2D eigenvalue weighted by Gasteiger charge is -2.29. The van der Waals surface area contributed by atoms with E-state index in [0.29, 0.717) is 89.1 Å². The Morgan fingerprint density at radius 2 is 0.978 bits per heavy atom. The van der Waals surface area contributed by atoms with Gasteiger partial charge < -0.3 is 65.0 Å². The number of amides is 4. The van der Waals surface area contributed by atoms with Gasteiger partial charge >= 0.3 is 0 Å². The number of epoxide rings is 2. The third-order valence-corrected chi connectivity index (χ3v) is 17.5. The summed E-state index contributed by atoms with van der Waals surface area (Å²) in [6.45, 7) is 11.3. The maximum atomic E-state index is 14.0. The van der Waals surface area contributed by atoms with Gasteiger partial charge in [0.2, 0.25) is 23.6 Å². The van der Waals surface area contributed by atoms with Crippen molar-refractivity contribution in [3.8, 4) is 11.5 Å². The predicted molar refractivity (Wildman–Crippen MR) is 328 cm³/mol. The van der Waals surface area contributed by atoms with E-state index in [0.717, 1.165) is 68.1 Å². The number of ether oxygens (including phenoxy) is 6. The van der Waals surface area contributed by atoms with Crippen molar-refractivity contribution in [2.24, 2.45) is 11.8 Å². The standard InChI is InChI=1S/C33H47N3O9.C33H47N3O8/c1-21(37)29(35-28(39)19-36-13-15-44-16-14-36)27(38)18-25(30(40)23-9-11-24(43-3)12-10-23)32(42)34-26(31(41)33(2)20-45-33)17-22-7-5-4-6-8-22;1-22(37)30(35-29(39)20-36-13-15-43-16-14-36)28(38)19-25(17-24-9-11-26(42-3)12-10-24)32(41)34-27(31(40)33(2)21-44-33)18-23-7-5-4-6-8-23/h7,9-12,21,25-26,29-30,37,40H,4-6,8,13-20H2,1-3H3,(H,34,42)(H,35,39);7,9-12,22,25,27,30,37H,4-6,8,13-21H2,1-3H3,(H,34,41)(H,35,39). The Kier molecular flexibility index (Phi) is 26.6. The highest BCUT2D eigenvalue weighted by molar-refractivity contribution is 6.00. The monoisotopic (exact) mass is 1240 g/mol. The van der Waals surface area contributed by atoms with E-state index in [9.17, 15) is 53.7 Å². The number of nitrogens with zero attached hydrogens (tertiary/aromatic N) is 2. The molecule has 4 amide bonds. The fraction of sp³-hybridized carbons (Fsp3) is 0.636. The average molecular weight is 1240 g/mol. The molecule has 23 heteroatoms. The Morgan fingerprint density at radius 3 is 1.37 bits per heavy atom. The molecule has 6 aliphatic rings. The highest BCUT2D eigenvalue weighted by atomic mass is 16.6. The Hall–Kier alpha value is -6.28. The minimum Gasteiger partial charge on any atom is -0.497 e. The van der Waals surface area contributed by atoms with Crippen LogP contribution in [0.4, 0.5) is 0 Å². The van der Waals surface area contributed by atoms with E-state index in [1.54, 1.807) is 57.4 Å². The number of nitrogens with one attached hydrogen (secondary N) is 4. The number of morpholine rings is 2. The number of methoxy groups -OCH3 is 2. The van der Waals surface area contributed by atoms with Crippen LogP contribution in [0.25, 0.3) is 0 Å². The molecule has 2 aromatic carbocycles. The second-order valence-corrected chi connectivity index (χ2v) is 24.8. The molecule has 2 aromatic rings. The Morgan fingerprint density at radius 1 is 0.562 bits per heavy atom. The van der Waals surface area contributed by atoms with Crippen LogP contribution in [0.15, 0.2) is 71.8 Å². The van der Waals surface area contributed by atoms with Crippen LogP contribution in [-0.4, -0.2) is 213 Å². The van der Waals surface area contributed by atoms with E-state index in [-0.39, 0.29) is 50.0 Å². The summed E-state index contributed by atoms with van der Waals surface area (Å²) in [5.74, 6) is -4.44. The SMILES string of the molecule is COc1ccc(C(O)C(CC(=O)C(NC(=O)CN2CCOCC2)C(C)O)C(=O)NC(CC2=CCCCC2)C(=O)C2(C)CO2)cc1.COc1ccc(CC(CC(=O)C(NC(=O)CN2CCOCC2)C(C)O)C(=O)NC(CC2=CCCCC2)C(=O)C2(C)CO2)cc1. The van der Waals surface area contributed by atoms with Crippen molar-refractivity contribution in [1.82, 2.24) is 31.1 Å². The lowest BCUT2D eigenvalue weighted by atomic mass is 9.86. The highest BCUT2D eigenvalue weighted by Crippen LogP contribution is 2.34. The predicted octanol–water partition coefficient (Wildman–Crippen LogP) is 2.98. The molecular formula is C66H94N6O17. The summed E-state index contributed by atoms with van der Waals surface area (Å²) in [4.78, 5) is 112. The van der Waals surface area contributed by atoms with Crippen LogP contribution < -0.4 is 30.7 Å². The normalized spacial score (nSPS) is 23.2. The molecule has 4 fully saturated rings. The van der Waals surface area contributed by atoms with Gasteiger partial charge in [-0.25, -0.2) is 0 Å². The molecule has 8 rings (SSSR count). The van der Waals surface area contributed by atoms with Gasteiger partial charge in [-0.3, -0.25) is 48.2 Å². The summed E-state index contributed by atoms with van der Waals surface area (Å²) >= 11 is 0. The second-order valence-electron chi connectivity index (χ2n) is 24.8. The van der Waals surface area contributed by atoms with Crippen molar-refractivity contribution in [3.63, 3.8) is 0 Å². The van der Waals surface area contributed by atoms with Gasteiger partial charge in [0.25, 0.3) is 0 Å². The van der Waals surface area contributed by atoms with Crippen molar-refractivity contribution in [2.75, 3.05) is 93.1 Å². The maximum Gasteiger partial charge on any atom is 0.234 e. The molecule has 89 heavy (non-hydrogen) atoms. The van der Waals surface area contributed by atoms with Crippen LogP contribution >= 0.6 is 0 Å². The van der Waals surface area contributed by atoms with Gasteiger partial charge in [-0.1, -0.05) is 47.6 Å². The summed E-state index contributed by atoms with van der Waals surface area (Å²) in [5, 5.41) is 43.6. The van der Waals surface area contributed by atoms with E-state index in [1.807, 2.05) is 21.9 Å². The first-order chi connectivity index (χ1) is 42.6. The third-order valence-electron chi connectivity index (χ3n) is 17.5. The van der Waals surface area contributed by atoms with E-state index in [1.165, 1.54) is 21.0 Å². The van der Waals surface area contributed by atoms with Gasteiger partial charge in [-0.15, -0.1) is 0 Å². The number of hydrogen-bond acceptors (Lipinski definition) is 19. The fourth-order valence-corrected chi connectivity index (χ4v) is 11.6. The first-order valence-corrected chi connectivity index (χ1v) is 31.5. The molecule has 11 atom stereocenters. The molecule has 0 bridgehead atoms. The molecule has 23 nitrogen and oxygen atoms in total. The molecular weight excluding hydrogens is 1150 g/mol. The average Bonchev–Trinajstić information content (AvgIpc) is 2.04. The number of hydrogen-bond donors (Lipinski definition) is 7. The fourth-order valence-electron chi connectivity index (χ4n) is 11.6. The van der Waals surface area contributed by atoms with Gasteiger partial charge in [0, 0.05) is 44.9 Å². The summed E-state index contributed by atoms with van der Waals surface area (Å²) in [6, 6.07) is 9.50. The molecule has 11 unspecified atom stereocenters. The van der Waals surface area contributed by atoms with Gasteiger partial charge in [0.05, 0.1) is 103 Å². The topological polar surface area (TPSA) is 314 Å². The quantitative estimate of drug-likeness (QED) is 0.0409. The highest BCUT2D eigenvalue weighted by Gasteiger charge is 2.52. The summed E-state index contributed by atoms with van der Waals surface area (Å²) in [5.41, 5.74) is 1.47. The molecule has 4 heterocycles. The maximum absolute atomic E-state index is 14.0. The summed E-state index contributed by atoms with van der Waals surface area (Å²) in [7, 11) is 3.07. The van der Waals surface area contributed by atoms with Gasteiger partial charge in [-0.2, -0.15) is 0 Å². The van der Waals surface area contributed by atoms with Gasteiger partial charge in [0.15, 0.2) is 23.1 Å². The van der Waals surface area contributed by atoms with Crippen molar-refractivity contribution < 1.29 is 82.1 Å². The molecule has 0 aromatic heterocycles. The van der Waals surface area contributed by atoms with Crippen molar-refractivity contribution in [1.29, 1.82) is 0 Å². The Balaban J connectivity index is 0.000000254. The number of carbonyl (C=O) groups excluding carboxylic acids is 8. The van der Waals surface area contributed by atoms with Gasteiger partial charge in [0.1, 0.15) is 34.8 Å². The zero-order chi connectivity index (χ0) is 64.3. The number of allylic oxidation sites excluding steroid dienone is 2. The van der Waals surface area contributed by atoms with E-state index >= 15 is 0 Å². The van der Waals surface area contributed by atoms with Crippen LogP contribution in [0, 0.1) is 11.8 Å². The third kappa shape index (κ3) is 21.4. The molecule has 4 aliphatic heterocycles. The van der Waals surface area contributed by atoms with Crippen LogP contribution in [0.2, 0.25) is 0 Å². The lowest BCUT2D eigenvalue weighted by Crippen LogP contribution is -2.53. The number of benzene rings is 2. The van der Waals surface area contributed by atoms with Gasteiger partial charge in [-0.05, 0) is 134 Å².